The molecule has 0 radical (unpaired) electrons. The van der Waals surface area contributed by atoms with Crippen LogP contribution in [0.2, 0.25) is 0 Å². The molecule has 0 aliphatic heterocycles. The molecule has 0 aliphatic carbocycles. The third-order valence-electron chi connectivity index (χ3n) is 2.97. The van der Waals surface area contributed by atoms with Crippen LogP contribution in [0.3, 0.4) is 0 Å². The average Bonchev–Trinajstić information content (AvgIpc) is 2.82. The second-order valence-electron chi connectivity index (χ2n) is 4.64. The topological polar surface area (TPSA) is 89.2 Å². The molecule has 0 unspecified atom stereocenters. The Morgan fingerprint density at radius 2 is 1.90 bits per heavy atom. The van der Waals surface area contributed by atoms with Gasteiger partial charge in [-0.05, 0) is 31.2 Å². The summed E-state index contributed by atoms with van der Waals surface area (Å²) in [4.78, 5) is 8.76. The molecule has 8 heteroatoms. The quantitative estimate of drug-likeness (QED) is 0.790. The molecule has 0 saturated heterocycles. The SMILES string of the molecule is Cc1nccn2nc(Nc3ccc(S(C)(=O)=O)cc3)nc12. The number of nitrogens with one attached hydrogen (secondary N) is 1. The van der Waals surface area contributed by atoms with Crippen molar-refractivity contribution in [3.05, 3.63) is 42.4 Å². The van der Waals surface area contributed by atoms with E-state index in [1.807, 2.05) is 6.92 Å². The second kappa shape index (κ2) is 4.81. The zero-order valence-corrected chi connectivity index (χ0v) is 12.3. The standard InChI is InChI=1S/C13H13N5O2S/c1-9-12-16-13(17-18(12)8-7-14-9)15-10-3-5-11(6-4-10)21(2,19)20/h3-8H,1-2H3,(H,15,17). The normalized spacial score (nSPS) is 11.7. The number of benzene rings is 1. The fraction of sp³-hybridized carbons (Fsp3) is 0.154. The monoisotopic (exact) mass is 303 g/mol. The van der Waals surface area contributed by atoms with Crippen molar-refractivity contribution in [3.63, 3.8) is 0 Å². The summed E-state index contributed by atoms with van der Waals surface area (Å²) in [5, 5.41) is 7.31. The highest BCUT2D eigenvalue weighted by molar-refractivity contribution is 7.90. The lowest BCUT2D eigenvalue weighted by atomic mass is 10.3. The first-order valence-electron chi connectivity index (χ1n) is 6.18. The molecule has 2 heterocycles. The molecule has 0 amide bonds. The van der Waals surface area contributed by atoms with Gasteiger partial charge in [-0.15, -0.1) is 5.10 Å². The molecule has 0 bridgehead atoms. The fourth-order valence-corrected chi connectivity index (χ4v) is 2.54. The van der Waals surface area contributed by atoms with Crippen LogP contribution in [-0.4, -0.2) is 34.3 Å². The average molecular weight is 303 g/mol. The first kappa shape index (κ1) is 13.5. The molecule has 0 aliphatic rings. The van der Waals surface area contributed by atoms with Gasteiger partial charge >= 0.3 is 0 Å². The Balaban J connectivity index is 1.90. The highest BCUT2D eigenvalue weighted by Gasteiger charge is 2.08. The van der Waals surface area contributed by atoms with E-state index in [2.05, 4.69) is 20.4 Å². The van der Waals surface area contributed by atoms with E-state index in [-0.39, 0.29) is 4.90 Å². The minimum atomic E-state index is -3.19. The maximum absolute atomic E-state index is 11.4. The maximum atomic E-state index is 11.4. The van der Waals surface area contributed by atoms with Crippen molar-refractivity contribution < 1.29 is 8.42 Å². The molecule has 0 spiro atoms. The molecule has 0 fully saturated rings. The number of anilines is 2. The number of hydrogen-bond acceptors (Lipinski definition) is 6. The third kappa shape index (κ3) is 2.70. The number of hydrogen-bond donors (Lipinski definition) is 1. The number of nitrogens with zero attached hydrogens (tertiary/aromatic N) is 4. The van der Waals surface area contributed by atoms with Crippen molar-refractivity contribution >= 4 is 27.1 Å². The zero-order valence-electron chi connectivity index (χ0n) is 11.5. The summed E-state index contributed by atoms with van der Waals surface area (Å²) >= 11 is 0. The van der Waals surface area contributed by atoms with Crippen molar-refractivity contribution in [2.75, 3.05) is 11.6 Å². The van der Waals surface area contributed by atoms with E-state index in [9.17, 15) is 8.42 Å². The lowest BCUT2D eigenvalue weighted by Crippen LogP contribution is -1.98. The van der Waals surface area contributed by atoms with Crippen LogP contribution >= 0.6 is 0 Å². The predicted molar refractivity (Wildman–Crippen MR) is 78.4 cm³/mol. The lowest BCUT2D eigenvalue weighted by molar-refractivity contribution is 0.602. The van der Waals surface area contributed by atoms with Gasteiger partial charge in [-0.25, -0.2) is 12.9 Å². The molecule has 108 valence electrons. The van der Waals surface area contributed by atoms with Crippen molar-refractivity contribution in [3.8, 4) is 0 Å². The molecule has 3 aromatic rings. The van der Waals surface area contributed by atoms with Gasteiger partial charge in [0.25, 0.3) is 0 Å². The Bertz CT molecular complexity index is 900. The highest BCUT2D eigenvalue weighted by Crippen LogP contribution is 2.17. The Kier molecular flexibility index (Phi) is 3.09. The first-order valence-corrected chi connectivity index (χ1v) is 8.08. The highest BCUT2D eigenvalue weighted by atomic mass is 32.2. The van der Waals surface area contributed by atoms with Crippen molar-refractivity contribution in [1.29, 1.82) is 0 Å². The summed E-state index contributed by atoms with van der Waals surface area (Å²) in [5.41, 5.74) is 2.17. The predicted octanol–water partition coefficient (Wildman–Crippen LogP) is 1.58. The van der Waals surface area contributed by atoms with Gasteiger partial charge in [-0.3, -0.25) is 4.98 Å². The van der Waals surface area contributed by atoms with Crippen LogP contribution in [-0.2, 0) is 9.84 Å². The van der Waals surface area contributed by atoms with Crippen LogP contribution in [0.1, 0.15) is 5.69 Å². The summed E-state index contributed by atoms with van der Waals surface area (Å²) in [5.74, 6) is 0.429. The molecule has 2 aromatic heterocycles. The molecule has 3 rings (SSSR count). The smallest absolute Gasteiger partial charge is 0.247 e. The van der Waals surface area contributed by atoms with Gasteiger partial charge in [0.2, 0.25) is 5.95 Å². The van der Waals surface area contributed by atoms with E-state index >= 15 is 0 Å². The van der Waals surface area contributed by atoms with E-state index in [1.54, 1.807) is 41.2 Å². The maximum Gasteiger partial charge on any atom is 0.247 e. The summed E-state index contributed by atoms with van der Waals surface area (Å²) in [6.07, 6.45) is 4.55. The lowest BCUT2D eigenvalue weighted by Gasteiger charge is -2.02. The van der Waals surface area contributed by atoms with E-state index in [4.69, 9.17) is 0 Å². The second-order valence-corrected chi connectivity index (χ2v) is 6.65. The fourth-order valence-electron chi connectivity index (χ4n) is 1.91. The minimum Gasteiger partial charge on any atom is -0.323 e. The Hall–Kier alpha value is -2.48. The van der Waals surface area contributed by atoms with E-state index in [1.165, 1.54) is 6.26 Å². The van der Waals surface area contributed by atoms with Gasteiger partial charge in [-0.2, -0.15) is 4.98 Å². The first-order chi connectivity index (χ1) is 9.93. The largest absolute Gasteiger partial charge is 0.323 e. The van der Waals surface area contributed by atoms with E-state index in [0.717, 1.165) is 5.69 Å². The summed E-state index contributed by atoms with van der Waals surface area (Å²) < 4.78 is 24.4. The molecule has 1 aromatic carbocycles. The Morgan fingerprint density at radius 1 is 1.19 bits per heavy atom. The number of sulfone groups is 1. The minimum absolute atomic E-state index is 0.274. The van der Waals surface area contributed by atoms with Gasteiger partial charge in [-0.1, -0.05) is 0 Å². The van der Waals surface area contributed by atoms with Gasteiger partial charge in [0, 0.05) is 24.3 Å². The molecule has 1 N–H and O–H groups in total. The van der Waals surface area contributed by atoms with E-state index < -0.39 is 9.84 Å². The van der Waals surface area contributed by atoms with Gasteiger partial charge < -0.3 is 5.32 Å². The molecular formula is C13H13N5O2S. The molecule has 21 heavy (non-hydrogen) atoms. The van der Waals surface area contributed by atoms with Crippen LogP contribution in [0.4, 0.5) is 11.6 Å². The number of aromatic nitrogens is 4. The van der Waals surface area contributed by atoms with Crippen LogP contribution in [0.5, 0.6) is 0 Å². The van der Waals surface area contributed by atoms with E-state index in [0.29, 0.717) is 17.3 Å². The molecule has 0 atom stereocenters. The van der Waals surface area contributed by atoms with Crippen LogP contribution in [0.15, 0.2) is 41.6 Å². The molecule has 0 saturated carbocycles. The summed E-state index contributed by atoms with van der Waals surface area (Å²) in [6, 6.07) is 6.43. The van der Waals surface area contributed by atoms with Crippen molar-refractivity contribution in [1.82, 2.24) is 19.6 Å². The zero-order chi connectivity index (χ0) is 15.0. The number of aryl methyl sites for hydroxylation is 1. The van der Waals surface area contributed by atoms with Crippen LogP contribution < -0.4 is 5.32 Å². The molecule has 7 nitrogen and oxygen atoms in total. The summed E-state index contributed by atoms with van der Waals surface area (Å²) in [6.45, 7) is 1.86. The Labute approximate surface area is 121 Å². The van der Waals surface area contributed by atoms with Crippen LogP contribution in [0, 0.1) is 6.92 Å². The van der Waals surface area contributed by atoms with Crippen molar-refractivity contribution in [2.24, 2.45) is 0 Å². The number of fused-ring (bicyclic) bond motifs is 1. The van der Waals surface area contributed by atoms with Crippen molar-refractivity contribution in [2.45, 2.75) is 11.8 Å². The van der Waals surface area contributed by atoms with Gasteiger partial charge in [0.1, 0.15) is 0 Å². The molecular weight excluding hydrogens is 290 g/mol. The van der Waals surface area contributed by atoms with Crippen LogP contribution in [0.25, 0.3) is 5.65 Å². The van der Waals surface area contributed by atoms with Gasteiger partial charge in [0.05, 0.1) is 10.6 Å². The summed E-state index contributed by atoms with van der Waals surface area (Å²) in [7, 11) is -3.19. The Morgan fingerprint density at radius 3 is 2.52 bits per heavy atom. The van der Waals surface area contributed by atoms with Gasteiger partial charge in [0.15, 0.2) is 15.5 Å². The third-order valence-corrected chi connectivity index (χ3v) is 4.10. The number of rotatable bonds is 3.